The van der Waals surface area contributed by atoms with E-state index >= 15 is 0 Å². The Morgan fingerprint density at radius 1 is 1.18 bits per heavy atom. The Hall–Kier alpha value is -2.96. The Bertz CT molecular complexity index is 1060. The van der Waals surface area contributed by atoms with Gasteiger partial charge in [0.05, 0.1) is 12.1 Å². The Morgan fingerprint density at radius 3 is 2.58 bits per heavy atom. The number of ether oxygens (including phenoxy) is 1. The number of hydrogen-bond donors (Lipinski definition) is 3. The molecule has 1 fully saturated rings. The van der Waals surface area contributed by atoms with Gasteiger partial charge in [-0.1, -0.05) is 19.9 Å². The van der Waals surface area contributed by atoms with Crippen LogP contribution in [0.15, 0.2) is 48.7 Å². The number of benzene rings is 2. The van der Waals surface area contributed by atoms with Crippen LogP contribution in [-0.4, -0.2) is 30.6 Å². The summed E-state index contributed by atoms with van der Waals surface area (Å²) in [4.78, 5) is 17.4. The molecule has 0 spiro atoms. The van der Waals surface area contributed by atoms with Crippen LogP contribution in [0.5, 0.6) is 5.75 Å². The predicted octanol–water partition coefficient (Wildman–Crippen LogP) is 5.22. The van der Waals surface area contributed by atoms with Gasteiger partial charge >= 0.3 is 0 Å². The minimum absolute atomic E-state index is 0.146. The van der Waals surface area contributed by atoms with Gasteiger partial charge < -0.3 is 21.1 Å². The second-order valence-corrected chi connectivity index (χ2v) is 8.28. The summed E-state index contributed by atoms with van der Waals surface area (Å²) in [5.74, 6) is 1.36. The van der Waals surface area contributed by atoms with E-state index in [1.165, 1.54) is 12.8 Å². The van der Waals surface area contributed by atoms with E-state index in [4.69, 9.17) is 10.5 Å². The van der Waals surface area contributed by atoms with Crippen LogP contribution in [0.4, 0.5) is 5.69 Å². The lowest BCUT2D eigenvalue weighted by atomic mass is 10.0. The normalized spacial score (nSPS) is 13.7. The lowest BCUT2D eigenvalue weighted by molar-refractivity contribution is 0.102. The number of rotatable bonds is 9. The Labute approximate surface area is 196 Å². The van der Waals surface area contributed by atoms with Gasteiger partial charge in [0.15, 0.2) is 0 Å². The van der Waals surface area contributed by atoms with E-state index in [9.17, 15) is 4.79 Å². The molecule has 0 saturated heterocycles. The van der Waals surface area contributed by atoms with E-state index < -0.39 is 0 Å². The van der Waals surface area contributed by atoms with Crippen molar-refractivity contribution in [3.8, 4) is 5.75 Å². The topological polar surface area (TPSA) is 89.3 Å². The summed E-state index contributed by atoms with van der Waals surface area (Å²) in [6.07, 6.45) is 4.40. The van der Waals surface area contributed by atoms with Crippen molar-refractivity contribution in [3.05, 3.63) is 65.4 Å². The molecule has 4 rings (SSSR count). The van der Waals surface area contributed by atoms with Gasteiger partial charge in [-0.05, 0) is 80.1 Å². The van der Waals surface area contributed by atoms with Crippen molar-refractivity contribution in [2.45, 2.75) is 46.6 Å². The Balaban J connectivity index is 0.00000149. The number of hydrogen-bond acceptors (Lipinski definition) is 5. The Morgan fingerprint density at radius 2 is 1.91 bits per heavy atom. The first-order valence-corrected chi connectivity index (χ1v) is 11.9. The standard InChI is InChI=1S/C25H30N4O2.C2H6/c1-16-23(10-7-20-13-21(14-28-24(16)20)17(2)27-12-11-26)29-25(30)19-5-8-22(9-6-19)31-15-18-3-4-18;1-2/h5-10,13-14,17-18,27H,3-4,11-12,15,26H2,1-2H3,(H,29,30);1-2H3. The highest BCUT2D eigenvalue weighted by atomic mass is 16.5. The Kier molecular flexibility index (Phi) is 8.80. The summed E-state index contributed by atoms with van der Waals surface area (Å²) in [5.41, 5.74) is 9.89. The molecule has 1 heterocycles. The highest BCUT2D eigenvalue weighted by Gasteiger charge is 2.22. The van der Waals surface area contributed by atoms with Gasteiger partial charge in [-0.2, -0.15) is 0 Å². The molecule has 3 aromatic rings. The second kappa shape index (κ2) is 11.8. The van der Waals surface area contributed by atoms with Crippen LogP contribution < -0.4 is 21.1 Å². The number of carbonyl (C=O) groups excluding carboxylic acids is 1. The lowest BCUT2D eigenvalue weighted by Crippen LogP contribution is -2.25. The first-order chi connectivity index (χ1) is 16.0. The van der Waals surface area contributed by atoms with E-state index in [1.807, 2.05) is 51.2 Å². The summed E-state index contributed by atoms with van der Waals surface area (Å²) in [5, 5.41) is 7.44. The third kappa shape index (κ3) is 6.53. The lowest BCUT2D eigenvalue weighted by Gasteiger charge is -2.15. The fraction of sp³-hybridized carbons (Fsp3) is 0.407. The molecule has 2 aromatic carbocycles. The summed E-state index contributed by atoms with van der Waals surface area (Å²) < 4.78 is 5.75. The first-order valence-electron chi connectivity index (χ1n) is 11.9. The number of nitrogens with one attached hydrogen (secondary N) is 2. The van der Waals surface area contributed by atoms with Crippen molar-refractivity contribution in [2.75, 3.05) is 25.0 Å². The van der Waals surface area contributed by atoms with Gasteiger partial charge in [-0.15, -0.1) is 0 Å². The van der Waals surface area contributed by atoms with Gasteiger partial charge in [0.25, 0.3) is 5.91 Å². The molecule has 1 atom stereocenters. The van der Waals surface area contributed by atoms with Crippen LogP contribution in [0.25, 0.3) is 10.9 Å². The molecule has 1 aliphatic rings. The van der Waals surface area contributed by atoms with E-state index in [0.717, 1.165) is 46.6 Å². The maximum absolute atomic E-state index is 12.7. The highest BCUT2D eigenvalue weighted by molar-refractivity contribution is 6.06. The molecule has 1 saturated carbocycles. The zero-order valence-electron chi connectivity index (χ0n) is 20.2. The van der Waals surface area contributed by atoms with Gasteiger partial charge in [0.1, 0.15) is 5.75 Å². The van der Waals surface area contributed by atoms with E-state index in [2.05, 4.69) is 28.6 Å². The third-order valence-corrected chi connectivity index (χ3v) is 5.77. The van der Waals surface area contributed by atoms with E-state index in [0.29, 0.717) is 18.0 Å². The smallest absolute Gasteiger partial charge is 0.255 e. The number of amides is 1. The van der Waals surface area contributed by atoms with E-state index in [1.54, 1.807) is 12.1 Å². The molecule has 4 N–H and O–H groups in total. The number of pyridine rings is 1. The maximum atomic E-state index is 12.7. The second-order valence-electron chi connectivity index (χ2n) is 8.28. The van der Waals surface area contributed by atoms with Crippen LogP contribution in [0.1, 0.15) is 61.1 Å². The number of aryl methyl sites for hydroxylation is 1. The predicted molar refractivity (Wildman–Crippen MR) is 136 cm³/mol. The van der Waals surface area contributed by atoms with Gasteiger partial charge in [0.2, 0.25) is 0 Å². The first kappa shape index (κ1) is 24.7. The SMILES string of the molecule is CC.Cc1c(NC(=O)c2ccc(OCC3CC3)cc2)ccc2cc(C(C)NCCN)cnc12. The van der Waals surface area contributed by atoms with Crippen LogP contribution in [0.3, 0.4) is 0 Å². The maximum Gasteiger partial charge on any atom is 0.255 e. The number of carbonyl (C=O) groups is 1. The summed E-state index contributed by atoms with van der Waals surface area (Å²) >= 11 is 0. The molecule has 1 aromatic heterocycles. The fourth-order valence-electron chi connectivity index (χ4n) is 3.55. The molecule has 6 heteroatoms. The van der Waals surface area contributed by atoms with E-state index in [-0.39, 0.29) is 11.9 Å². The van der Waals surface area contributed by atoms with Crippen molar-refractivity contribution in [2.24, 2.45) is 11.7 Å². The van der Waals surface area contributed by atoms with Crippen molar-refractivity contribution >= 4 is 22.5 Å². The fourth-order valence-corrected chi connectivity index (χ4v) is 3.55. The summed E-state index contributed by atoms with van der Waals surface area (Å²) in [6, 6.07) is 13.6. The molecule has 33 heavy (non-hydrogen) atoms. The minimum Gasteiger partial charge on any atom is -0.493 e. The third-order valence-electron chi connectivity index (χ3n) is 5.77. The van der Waals surface area contributed by atoms with Gasteiger partial charge in [-0.3, -0.25) is 9.78 Å². The number of nitrogens with two attached hydrogens (primary N) is 1. The van der Waals surface area contributed by atoms with Crippen LogP contribution in [0, 0.1) is 12.8 Å². The van der Waals surface area contributed by atoms with Gasteiger partial charge in [-0.25, -0.2) is 0 Å². The monoisotopic (exact) mass is 448 g/mol. The van der Waals surface area contributed by atoms with Crippen LogP contribution >= 0.6 is 0 Å². The largest absolute Gasteiger partial charge is 0.493 e. The van der Waals surface area contributed by atoms with Crippen LogP contribution in [-0.2, 0) is 0 Å². The van der Waals surface area contributed by atoms with Crippen molar-refractivity contribution < 1.29 is 9.53 Å². The molecule has 0 bridgehead atoms. The molecule has 176 valence electrons. The average Bonchev–Trinajstić information content (AvgIpc) is 3.69. The molecule has 1 unspecified atom stereocenters. The molecule has 6 nitrogen and oxygen atoms in total. The number of anilines is 1. The van der Waals surface area contributed by atoms with Crippen molar-refractivity contribution in [1.82, 2.24) is 10.3 Å². The molecular formula is C27H36N4O2. The molecule has 1 amide bonds. The highest BCUT2D eigenvalue weighted by Crippen LogP contribution is 2.30. The van der Waals surface area contributed by atoms with Crippen molar-refractivity contribution in [3.63, 3.8) is 0 Å². The number of aromatic nitrogens is 1. The average molecular weight is 449 g/mol. The number of fused-ring (bicyclic) bond motifs is 1. The molecule has 0 aliphatic heterocycles. The summed E-state index contributed by atoms with van der Waals surface area (Å²) in [6.45, 7) is 10.2. The quantitative estimate of drug-likeness (QED) is 0.418. The van der Waals surface area contributed by atoms with Crippen molar-refractivity contribution in [1.29, 1.82) is 0 Å². The zero-order chi connectivity index (χ0) is 23.8. The number of nitrogens with zero attached hydrogens (tertiary/aromatic N) is 1. The molecule has 1 aliphatic carbocycles. The van der Waals surface area contributed by atoms with Gasteiger partial charge in [0, 0.05) is 42.0 Å². The zero-order valence-corrected chi connectivity index (χ0v) is 20.2. The molecular weight excluding hydrogens is 412 g/mol. The summed E-state index contributed by atoms with van der Waals surface area (Å²) in [7, 11) is 0. The minimum atomic E-state index is -0.146. The van der Waals surface area contributed by atoms with Crippen LogP contribution in [0.2, 0.25) is 0 Å². The molecule has 0 radical (unpaired) electrons.